The number of aromatic nitrogens is 1. The highest BCUT2D eigenvalue weighted by Crippen LogP contribution is 2.23. The summed E-state index contributed by atoms with van der Waals surface area (Å²) in [5, 5.41) is 4.53. The summed E-state index contributed by atoms with van der Waals surface area (Å²) < 4.78 is 1.25. The molecule has 96 valence electrons. The van der Waals surface area contributed by atoms with Crippen LogP contribution < -0.4 is 5.32 Å². The van der Waals surface area contributed by atoms with Crippen LogP contribution in [0.15, 0.2) is 53.4 Å². The maximum Gasteiger partial charge on any atom is 0.113 e. The number of para-hydroxylation sites is 1. The quantitative estimate of drug-likeness (QED) is 0.708. The molecule has 1 N–H and O–H groups in total. The van der Waals surface area contributed by atoms with Crippen molar-refractivity contribution in [2.24, 2.45) is 0 Å². The first-order valence-electron chi connectivity index (χ1n) is 6.07. The Hall–Kier alpha value is -1.52. The van der Waals surface area contributed by atoms with Crippen molar-refractivity contribution in [3.05, 3.63) is 53.5 Å². The van der Waals surface area contributed by atoms with Crippen molar-refractivity contribution in [2.75, 3.05) is 11.6 Å². The van der Waals surface area contributed by atoms with E-state index >= 15 is 0 Å². The standard InChI is InChI=1S/C15H14N2S2/c1-18-12-8-6-11(7-9-12)16-10-15-17-13-4-2-3-5-14(13)19-15/h2-9,16H,10H2,1H3. The minimum atomic E-state index is 0.776. The molecule has 0 unspecified atom stereocenters. The van der Waals surface area contributed by atoms with Gasteiger partial charge in [-0.1, -0.05) is 12.1 Å². The highest BCUT2D eigenvalue weighted by atomic mass is 32.2. The molecule has 0 radical (unpaired) electrons. The first-order chi connectivity index (χ1) is 9.35. The molecular formula is C15H14N2S2. The Morgan fingerprint density at radius 2 is 1.89 bits per heavy atom. The zero-order valence-electron chi connectivity index (χ0n) is 10.6. The van der Waals surface area contributed by atoms with Crippen molar-refractivity contribution in [1.82, 2.24) is 4.98 Å². The third-order valence-corrected chi connectivity index (χ3v) is 4.65. The second-order valence-electron chi connectivity index (χ2n) is 4.16. The van der Waals surface area contributed by atoms with E-state index in [9.17, 15) is 0 Å². The normalized spacial score (nSPS) is 10.8. The molecule has 2 nitrogen and oxygen atoms in total. The van der Waals surface area contributed by atoms with Crippen molar-refractivity contribution in [2.45, 2.75) is 11.4 Å². The van der Waals surface area contributed by atoms with Gasteiger partial charge in [0.25, 0.3) is 0 Å². The maximum absolute atomic E-state index is 4.61. The summed E-state index contributed by atoms with van der Waals surface area (Å²) in [6.45, 7) is 0.776. The van der Waals surface area contributed by atoms with Crippen molar-refractivity contribution >= 4 is 39.0 Å². The van der Waals surface area contributed by atoms with E-state index in [1.54, 1.807) is 23.1 Å². The Morgan fingerprint density at radius 1 is 1.11 bits per heavy atom. The monoisotopic (exact) mass is 286 g/mol. The van der Waals surface area contributed by atoms with Crippen molar-refractivity contribution in [3.8, 4) is 0 Å². The van der Waals surface area contributed by atoms with Gasteiger partial charge >= 0.3 is 0 Å². The Kier molecular flexibility index (Phi) is 3.71. The second-order valence-corrected chi connectivity index (χ2v) is 6.15. The average molecular weight is 286 g/mol. The highest BCUT2D eigenvalue weighted by Gasteiger charge is 2.02. The lowest BCUT2D eigenvalue weighted by Gasteiger charge is -2.04. The third-order valence-electron chi connectivity index (χ3n) is 2.87. The number of nitrogens with one attached hydrogen (secondary N) is 1. The minimum Gasteiger partial charge on any atom is -0.379 e. The maximum atomic E-state index is 4.61. The zero-order valence-corrected chi connectivity index (χ0v) is 12.2. The molecule has 0 atom stereocenters. The van der Waals surface area contributed by atoms with Crippen LogP contribution in [-0.2, 0) is 6.54 Å². The van der Waals surface area contributed by atoms with Crippen LogP contribution in [0, 0.1) is 0 Å². The molecule has 4 heteroatoms. The number of thioether (sulfide) groups is 1. The van der Waals surface area contributed by atoms with Gasteiger partial charge in [0.15, 0.2) is 0 Å². The number of hydrogen-bond acceptors (Lipinski definition) is 4. The van der Waals surface area contributed by atoms with Gasteiger partial charge in [-0.3, -0.25) is 0 Å². The fraction of sp³-hybridized carbons (Fsp3) is 0.133. The van der Waals surface area contributed by atoms with Gasteiger partial charge < -0.3 is 5.32 Å². The summed E-state index contributed by atoms with van der Waals surface area (Å²) in [6, 6.07) is 16.7. The first kappa shape index (κ1) is 12.5. The van der Waals surface area contributed by atoms with E-state index in [0.717, 1.165) is 22.8 Å². The van der Waals surface area contributed by atoms with Crippen LogP contribution in [0.1, 0.15) is 5.01 Å². The summed E-state index contributed by atoms with van der Waals surface area (Å²) >= 11 is 3.50. The summed E-state index contributed by atoms with van der Waals surface area (Å²) in [5.41, 5.74) is 2.22. The molecule has 2 aromatic carbocycles. The van der Waals surface area contributed by atoms with Gasteiger partial charge in [-0.05, 0) is 42.7 Å². The second kappa shape index (κ2) is 5.63. The van der Waals surface area contributed by atoms with Crippen LogP contribution >= 0.6 is 23.1 Å². The fourth-order valence-corrected chi connectivity index (χ4v) is 3.20. The Bertz CT molecular complexity index is 641. The van der Waals surface area contributed by atoms with E-state index in [4.69, 9.17) is 0 Å². The van der Waals surface area contributed by atoms with Gasteiger partial charge in [-0.25, -0.2) is 4.98 Å². The smallest absolute Gasteiger partial charge is 0.113 e. The number of benzene rings is 2. The van der Waals surface area contributed by atoms with Crippen LogP contribution in [-0.4, -0.2) is 11.2 Å². The number of nitrogens with zero attached hydrogens (tertiary/aromatic N) is 1. The predicted octanol–water partition coefficient (Wildman–Crippen LogP) is 4.63. The Morgan fingerprint density at radius 3 is 2.63 bits per heavy atom. The number of hydrogen-bond donors (Lipinski definition) is 1. The summed E-state index contributed by atoms with van der Waals surface area (Å²) in [7, 11) is 0. The number of fused-ring (bicyclic) bond motifs is 1. The summed E-state index contributed by atoms with van der Waals surface area (Å²) in [6.07, 6.45) is 2.09. The number of rotatable bonds is 4. The molecule has 0 saturated carbocycles. The number of thiazole rings is 1. The first-order valence-corrected chi connectivity index (χ1v) is 8.11. The van der Waals surface area contributed by atoms with Crippen LogP contribution in [0.3, 0.4) is 0 Å². The van der Waals surface area contributed by atoms with Gasteiger partial charge in [-0.2, -0.15) is 0 Å². The lowest BCUT2D eigenvalue weighted by Crippen LogP contribution is -1.98. The van der Waals surface area contributed by atoms with Crippen LogP contribution in [0.5, 0.6) is 0 Å². The fourth-order valence-electron chi connectivity index (χ4n) is 1.88. The summed E-state index contributed by atoms with van der Waals surface area (Å²) in [5.74, 6) is 0. The Labute approximate surface area is 120 Å². The van der Waals surface area contributed by atoms with Crippen molar-refractivity contribution < 1.29 is 0 Å². The van der Waals surface area contributed by atoms with E-state index in [-0.39, 0.29) is 0 Å². The molecule has 0 saturated heterocycles. The van der Waals surface area contributed by atoms with Gasteiger partial charge in [-0.15, -0.1) is 23.1 Å². The number of anilines is 1. The lowest BCUT2D eigenvalue weighted by molar-refractivity contribution is 1.12. The molecule has 3 rings (SSSR count). The lowest BCUT2D eigenvalue weighted by atomic mass is 10.3. The van der Waals surface area contributed by atoms with Crippen molar-refractivity contribution in [1.29, 1.82) is 0 Å². The molecule has 0 aliphatic heterocycles. The molecular weight excluding hydrogens is 272 g/mol. The molecule has 0 bridgehead atoms. The molecule has 0 aliphatic rings. The molecule has 0 aliphatic carbocycles. The highest BCUT2D eigenvalue weighted by molar-refractivity contribution is 7.98. The molecule has 0 amide bonds. The largest absolute Gasteiger partial charge is 0.379 e. The SMILES string of the molecule is CSc1ccc(NCc2nc3ccccc3s2)cc1. The van der Waals surface area contributed by atoms with E-state index in [0.29, 0.717) is 0 Å². The zero-order chi connectivity index (χ0) is 13.1. The van der Waals surface area contributed by atoms with Crippen LogP contribution in [0.25, 0.3) is 10.2 Å². The third kappa shape index (κ3) is 2.91. The van der Waals surface area contributed by atoms with E-state index in [1.807, 2.05) is 6.07 Å². The molecule has 0 spiro atoms. The molecule has 0 fully saturated rings. The predicted molar refractivity (Wildman–Crippen MR) is 85.2 cm³/mol. The average Bonchev–Trinajstić information content (AvgIpc) is 2.88. The molecule has 3 aromatic rings. The topological polar surface area (TPSA) is 24.9 Å². The van der Waals surface area contributed by atoms with Gasteiger partial charge in [0.1, 0.15) is 5.01 Å². The van der Waals surface area contributed by atoms with Gasteiger partial charge in [0, 0.05) is 10.6 Å². The van der Waals surface area contributed by atoms with E-state index < -0.39 is 0 Å². The van der Waals surface area contributed by atoms with Crippen LogP contribution in [0.2, 0.25) is 0 Å². The van der Waals surface area contributed by atoms with Crippen molar-refractivity contribution in [3.63, 3.8) is 0 Å². The molecule has 19 heavy (non-hydrogen) atoms. The Balaban J connectivity index is 1.70. The van der Waals surface area contributed by atoms with Crippen LogP contribution in [0.4, 0.5) is 5.69 Å². The minimum absolute atomic E-state index is 0.776. The van der Waals surface area contributed by atoms with Gasteiger partial charge in [0.05, 0.1) is 16.8 Å². The van der Waals surface area contributed by atoms with E-state index in [1.165, 1.54) is 9.60 Å². The van der Waals surface area contributed by atoms with Gasteiger partial charge in [0.2, 0.25) is 0 Å². The molecule has 1 heterocycles. The van der Waals surface area contributed by atoms with E-state index in [2.05, 4.69) is 59.0 Å². The summed E-state index contributed by atoms with van der Waals surface area (Å²) in [4.78, 5) is 5.90. The molecule has 1 aromatic heterocycles.